The minimum atomic E-state index is -1.19. The number of hydrogen-bond donors (Lipinski definition) is 2. The summed E-state index contributed by atoms with van der Waals surface area (Å²) in [5.41, 5.74) is 1.27. The Morgan fingerprint density at radius 3 is 2.85 bits per heavy atom. The summed E-state index contributed by atoms with van der Waals surface area (Å²) in [5.74, 6) is -1.59. The molecule has 1 aromatic heterocycles. The summed E-state index contributed by atoms with van der Waals surface area (Å²) in [6.45, 7) is 1.57. The standard InChI is InChI=1S/C12H11ClN4O3/c1-7-4-8(13)2-3-9(7)15-11(18)6-17-10(12(19)20)5-14-16-17/h2-5H,6H2,1H3,(H,15,18)(H,19,20). The van der Waals surface area contributed by atoms with Gasteiger partial charge in [-0.15, -0.1) is 5.10 Å². The van der Waals surface area contributed by atoms with Crippen LogP contribution in [0, 0.1) is 6.92 Å². The molecule has 0 saturated carbocycles. The first-order valence-corrected chi connectivity index (χ1v) is 6.03. The number of carbonyl (C=O) groups is 2. The predicted molar refractivity (Wildman–Crippen MR) is 71.8 cm³/mol. The maximum Gasteiger partial charge on any atom is 0.355 e. The van der Waals surface area contributed by atoms with E-state index < -0.39 is 11.9 Å². The van der Waals surface area contributed by atoms with Crippen molar-refractivity contribution >= 4 is 29.2 Å². The van der Waals surface area contributed by atoms with Gasteiger partial charge in [-0.1, -0.05) is 16.8 Å². The van der Waals surface area contributed by atoms with Gasteiger partial charge in [0.05, 0.1) is 6.20 Å². The van der Waals surface area contributed by atoms with Gasteiger partial charge in [-0.2, -0.15) is 0 Å². The Balaban J connectivity index is 2.09. The first-order valence-electron chi connectivity index (χ1n) is 5.65. The molecule has 7 nitrogen and oxygen atoms in total. The Hall–Kier alpha value is -2.41. The number of rotatable bonds is 4. The van der Waals surface area contributed by atoms with Crippen LogP contribution in [0.2, 0.25) is 5.02 Å². The fourth-order valence-corrected chi connectivity index (χ4v) is 1.86. The normalized spacial score (nSPS) is 10.3. The topological polar surface area (TPSA) is 97.1 Å². The van der Waals surface area contributed by atoms with Gasteiger partial charge in [0.25, 0.3) is 0 Å². The molecule has 1 amide bonds. The molecule has 2 N–H and O–H groups in total. The fraction of sp³-hybridized carbons (Fsp3) is 0.167. The lowest BCUT2D eigenvalue weighted by Gasteiger charge is -2.09. The fourth-order valence-electron chi connectivity index (χ4n) is 1.63. The zero-order valence-corrected chi connectivity index (χ0v) is 11.3. The minimum absolute atomic E-state index is 0.145. The third-order valence-electron chi connectivity index (χ3n) is 2.59. The number of benzene rings is 1. The number of aromatic carboxylic acids is 1. The SMILES string of the molecule is Cc1cc(Cl)ccc1NC(=O)Cn1nncc1C(=O)O. The van der Waals surface area contributed by atoms with E-state index in [1.54, 1.807) is 25.1 Å². The van der Waals surface area contributed by atoms with Crippen molar-refractivity contribution < 1.29 is 14.7 Å². The first kappa shape index (κ1) is 14.0. The Labute approximate surface area is 119 Å². The molecule has 0 atom stereocenters. The first-order chi connectivity index (χ1) is 9.47. The van der Waals surface area contributed by atoms with E-state index in [-0.39, 0.29) is 12.2 Å². The van der Waals surface area contributed by atoms with E-state index in [9.17, 15) is 9.59 Å². The van der Waals surface area contributed by atoms with E-state index in [4.69, 9.17) is 16.7 Å². The third-order valence-corrected chi connectivity index (χ3v) is 2.83. The molecule has 1 heterocycles. The van der Waals surface area contributed by atoms with Crippen molar-refractivity contribution in [1.82, 2.24) is 15.0 Å². The van der Waals surface area contributed by atoms with Crippen LogP contribution >= 0.6 is 11.6 Å². The molecule has 0 aliphatic rings. The molecule has 0 radical (unpaired) electrons. The number of aromatic nitrogens is 3. The lowest BCUT2D eigenvalue weighted by atomic mass is 10.2. The minimum Gasteiger partial charge on any atom is -0.476 e. The van der Waals surface area contributed by atoms with Crippen LogP contribution in [0.1, 0.15) is 16.1 Å². The molecule has 0 spiro atoms. The molecule has 2 aromatic rings. The smallest absolute Gasteiger partial charge is 0.355 e. The van der Waals surface area contributed by atoms with Crippen LogP contribution in [0.3, 0.4) is 0 Å². The maximum absolute atomic E-state index is 11.9. The summed E-state index contributed by atoms with van der Waals surface area (Å²) in [6, 6.07) is 5.05. The van der Waals surface area contributed by atoms with Crippen molar-refractivity contribution in [2.24, 2.45) is 0 Å². The lowest BCUT2D eigenvalue weighted by molar-refractivity contribution is -0.116. The maximum atomic E-state index is 11.9. The van der Waals surface area contributed by atoms with Crippen molar-refractivity contribution in [2.45, 2.75) is 13.5 Å². The number of anilines is 1. The number of nitrogens with zero attached hydrogens (tertiary/aromatic N) is 3. The molecule has 0 bridgehead atoms. The van der Waals surface area contributed by atoms with E-state index >= 15 is 0 Å². The largest absolute Gasteiger partial charge is 0.476 e. The van der Waals surface area contributed by atoms with Gasteiger partial charge in [-0.05, 0) is 30.7 Å². The number of halogens is 1. The summed E-state index contributed by atoms with van der Waals surface area (Å²) in [6.07, 6.45) is 1.09. The number of carboxylic acid groups (broad SMARTS) is 1. The molecule has 8 heteroatoms. The Kier molecular flexibility index (Phi) is 3.99. The third kappa shape index (κ3) is 3.12. The molecule has 0 aliphatic carbocycles. The van der Waals surface area contributed by atoms with Gasteiger partial charge in [0.1, 0.15) is 6.54 Å². The van der Waals surface area contributed by atoms with E-state index in [0.29, 0.717) is 10.7 Å². The van der Waals surface area contributed by atoms with Crippen molar-refractivity contribution in [2.75, 3.05) is 5.32 Å². The lowest BCUT2D eigenvalue weighted by Crippen LogP contribution is -2.22. The quantitative estimate of drug-likeness (QED) is 0.892. The second kappa shape index (κ2) is 5.70. The summed E-state index contributed by atoms with van der Waals surface area (Å²) >= 11 is 5.82. The summed E-state index contributed by atoms with van der Waals surface area (Å²) in [7, 11) is 0. The van der Waals surface area contributed by atoms with Crippen LogP contribution in [0.5, 0.6) is 0 Å². The van der Waals surface area contributed by atoms with Gasteiger partial charge >= 0.3 is 5.97 Å². The van der Waals surface area contributed by atoms with Crippen molar-refractivity contribution in [3.8, 4) is 0 Å². The molecule has 0 fully saturated rings. The molecule has 0 unspecified atom stereocenters. The van der Waals surface area contributed by atoms with Gasteiger partial charge < -0.3 is 10.4 Å². The Morgan fingerprint density at radius 1 is 1.45 bits per heavy atom. The highest BCUT2D eigenvalue weighted by Gasteiger charge is 2.14. The van der Waals surface area contributed by atoms with Gasteiger partial charge in [0.2, 0.25) is 5.91 Å². The average Bonchev–Trinajstić information content (AvgIpc) is 2.81. The highest BCUT2D eigenvalue weighted by molar-refractivity contribution is 6.30. The van der Waals surface area contributed by atoms with E-state index in [0.717, 1.165) is 16.4 Å². The van der Waals surface area contributed by atoms with Crippen molar-refractivity contribution in [1.29, 1.82) is 0 Å². The second-order valence-electron chi connectivity index (χ2n) is 4.09. The number of amides is 1. The van der Waals surface area contributed by atoms with Gasteiger partial charge in [0, 0.05) is 10.7 Å². The zero-order valence-electron chi connectivity index (χ0n) is 10.5. The number of hydrogen-bond acceptors (Lipinski definition) is 4. The number of nitrogens with one attached hydrogen (secondary N) is 1. The molecule has 2 rings (SSSR count). The van der Waals surface area contributed by atoms with Crippen molar-refractivity contribution in [3.05, 3.63) is 40.7 Å². The van der Waals surface area contributed by atoms with E-state index in [2.05, 4.69) is 15.6 Å². The van der Waals surface area contributed by atoms with Crippen molar-refractivity contribution in [3.63, 3.8) is 0 Å². The number of carboxylic acids is 1. The molecule has 1 aromatic carbocycles. The molecular weight excluding hydrogens is 284 g/mol. The highest BCUT2D eigenvalue weighted by Crippen LogP contribution is 2.19. The Bertz CT molecular complexity index is 668. The summed E-state index contributed by atoms with van der Waals surface area (Å²) in [4.78, 5) is 22.7. The van der Waals surface area contributed by atoms with Gasteiger partial charge in [-0.25, -0.2) is 9.48 Å². The van der Waals surface area contributed by atoms with Crippen LogP contribution in [0.4, 0.5) is 5.69 Å². The number of carbonyl (C=O) groups excluding carboxylic acids is 1. The predicted octanol–water partition coefficient (Wildman–Crippen LogP) is 1.58. The molecule has 0 aliphatic heterocycles. The summed E-state index contributed by atoms with van der Waals surface area (Å²) in [5, 5.41) is 19.1. The highest BCUT2D eigenvalue weighted by atomic mass is 35.5. The van der Waals surface area contributed by atoms with Crippen LogP contribution < -0.4 is 5.32 Å². The molecule has 20 heavy (non-hydrogen) atoms. The monoisotopic (exact) mass is 294 g/mol. The van der Waals surface area contributed by atoms with Crippen LogP contribution in [-0.4, -0.2) is 32.0 Å². The average molecular weight is 295 g/mol. The molecular formula is C12H11ClN4O3. The summed E-state index contributed by atoms with van der Waals surface area (Å²) < 4.78 is 1.02. The van der Waals surface area contributed by atoms with Crippen LogP contribution in [-0.2, 0) is 11.3 Å². The Morgan fingerprint density at radius 2 is 2.20 bits per heavy atom. The van der Waals surface area contributed by atoms with Gasteiger partial charge in [-0.3, -0.25) is 4.79 Å². The second-order valence-corrected chi connectivity index (χ2v) is 4.53. The van der Waals surface area contributed by atoms with E-state index in [1.165, 1.54) is 0 Å². The molecule has 104 valence electrons. The zero-order chi connectivity index (χ0) is 14.7. The van der Waals surface area contributed by atoms with Crippen LogP contribution in [0.25, 0.3) is 0 Å². The number of aryl methyl sites for hydroxylation is 1. The van der Waals surface area contributed by atoms with Crippen LogP contribution in [0.15, 0.2) is 24.4 Å². The van der Waals surface area contributed by atoms with E-state index in [1.807, 2.05) is 0 Å². The van der Waals surface area contributed by atoms with Gasteiger partial charge in [0.15, 0.2) is 5.69 Å². The molecule has 0 saturated heterocycles.